The summed E-state index contributed by atoms with van der Waals surface area (Å²) in [5.74, 6) is 0.0682. The summed E-state index contributed by atoms with van der Waals surface area (Å²) in [6, 6.07) is 0. The second-order valence-corrected chi connectivity index (χ2v) is 5.32. The van der Waals surface area contributed by atoms with Gasteiger partial charge in [-0.2, -0.15) is 0 Å². The maximum atomic E-state index is 11.6. The topological polar surface area (TPSA) is 64.4 Å². The molecule has 0 saturated carbocycles. The van der Waals surface area contributed by atoms with Crippen LogP contribution in [0.25, 0.3) is 0 Å². The second kappa shape index (κ2) is 7.19. The zero-order valence-electron chi connectivity index (χ0n) is 11.0. The fourth-order valence-corrected chi connectivity index (χ4v) is 1.88. The first-order chi connectivity index (χ1) is 7.43. The van der Waals surface area contributed by atoms with Crippen LogP contribution in [0.1, 0.15) is 46.5 Å². The van der Waals surface area contributed by atoms with Crippen LogP contribution in [0, 0.1) is 0 Å². The molecule has 1 amide bonds. The number of ether oxygens (including phenoxy) is 1. The molecule has 0 radical (unpaired) electrons. The first kappa shape index (κ1) is 16.7. The highest BCUT2D eigenvalue weighted by Crippen LogP contribution is 2.22. The molecule has 1 aliphatic heterocycles. The Labute approximate surface area is 110 Å². The van der Waals surface area contributed by atoms with E-state index >= 15 is 0 Å². The van der Waals surface area contributed by atoms with E-state index in [9.17, 15) is 4.79 Å². The SMILES string of the molecule is CC1CCC(CCC(=O)NC(C)(C)CN)O1.Cl. The quantitative estimate of drug-likeness (QED) is 0.793. The smallest absolute Gasteiger partial charge is 0.220 e. The van der Waals surface area contributed by atoms with Gasteiger partial charge in [0.25, 0.3) is 0 Å². The Morgan fingerprint density at radius 1 is 1.47 bits per heavy atom. The van der Waals surface area contributed by atoms with Gasteiger partial charge in [0.1, 0.15) is 0 Å². The number of nitrogens with two attached hydrogens (primary N) is 1. The maximum absolute atomic E-state index is 11.6. The zero-order chi connectivity index (χ0) is 12.2. The lowest BCUT2D eigenvalue weighted by molar-refractivity contribution is -0.123. The molecular weight excluding hydrogens is 240 g/mol. The summed E-state index contributed by atoms with van der Waals surface area (Å²) in [6.07, 6.45) is 4.16. The Balaban J connectivity index is 0.00000256. The summed E-state index contributed by atoms with van der Waals surface area (Å²) in [4.78, 5) is 11.6. The van der Waals surface area contributed by atoms with Crippen molar-refractivity contribution >= 4 is 18.3 Å². The lowest BCUT2D eigenvalue weighted by atomic mass is 10.0. The van der Waals surface area contributed by atoms with Gasteiger partial charge < -0.3 is 15.8 Å². The van der Waals surface area contributed by atoms with E-state index in [0.29, 0.717) is 19.1 Å². The number of amides is 1. The molecule has 4 nitrogen and oxygen atoms in total. The Morgan fingerprint density at radius 2 is 2.12 bits per heavy atom. The van der Waals surface area contributed by atoms with Gasteiger partial charge in [0, 0.05) is 18.5 Å². The van der Waals surface area contributed by atoms with Crippen LogP contribution in [0.3, 0.4) is 0 Å². The van der Waals surface area contributed by atoms with Crippen molar-refractivity contribution in [1.29, 1.82) is 0 Å². The predicted octanol–water partition coefficient (Wildman–Crippen LogP) is 1.61. The van der Waals surface area contributed by atoms with Gasteiger partial charge in [-0.3, -0.25) is 4.79 Å². The molecule has 1 saturated heterocycles. The summed E-state index contributed by atoms with van der Waals surface area (Å²) in [5.41, 5.74) is 5.25. The minimum atomic E-state index is -0.305. The highest BCUT2D eigenvalue weighted by molar-refractivity contribution is 5.85. The van der Waals surface area contributed by atoms with Crippen molar-refractivity contribution in [1.82, 2.24) is 5.32 Å². The molecule has 1 aliphatic rings. The van der Waals surface area contributed by atoms with E-state index in [2.05, 4.69) is 12.2 Å². The summed E-state index contributed by atoms with van der Waals surface area (Å²) < 4.78 is 5.66. The average molecular weight is 265 g/mol. The second-order valence-electron chi connectivity index (χ2n) is 5.32. The van der Waals surface area contributed by atoms with Crippen molar-refractivity contribution in [3.05, 3.63) is 0 Å². The Kier molecular flexibility index (Phi) is 7.05. The molecule has 1 rings (SSSR count). The number of hydrogen-bond acceptors (Lipinski definition) is 3. The molecular formula is C12H25ClN2O2. The highest BCUT2D eigenvalue weighted by atomic mass is 35.5. The summed E-state index contributed by atoms with van der Waals surface area (Å²) in [5, 5.41) is 2.92. The lowest BCUT2D eigenvalue weighted by Crippen LogP contribution is -2.48. The predicted molar refractivity (Wildman–Crippen MR) is 71.3 cm³/mol. The van der Waals surface area contributed by atoms with Crippen molar-refractivity contribution in [2.45, 2.75) is 64.2 Å². The van der Waals surface area contributed by atoms with Gasteiger partial charge in [0.15, 0.2) is 0 Å². The molecule has 2 unspecified atom stereocenters. The number of hydrogen-bond donors (Lipinski definition) is 2. The van der Waals surface area contributed by atoms with Crippen molar-refractivity contribution in [3.63, 3.8) is 0 Å². The molecule has 0 aromatic carbocycles. The van der Waals surface area contributed by atoms with Crippen LogP contribution < -0.4 is 11.1 Å². The van der Waals surface area contributed by atoms with E-state index in [1.54, 1.807) is 0 Å². The molecule has 0 aromatic heterocycles. The van der Waals surface area contributed by atoms with Gasteiger partial charge in [-0.25, -0.2) is 0 Å². The first-order valence-electron chi connectivity index (χ1n) is 6.09. The summed E-state index contributed by atoms with van der Waals surface area (Å²) >= 11 is 0. The molecule has 17 heavy (non-hydrogen) atoms. The van der Waals surface area contributed by atoms with Crippen molar-refractivity contribution < 1.29 is 9.53 Å². The standard InChI is InChI=1S/C12H24N2O2.ClH/c1-9-4-5-10(16-9)6-7-11(15)14-12(2,3)8-13;/h9-10H,4-8,13H2,1-3H3,(H,14,15);1H. The minimum Gasteiger partial charge on any atom is -0.375 e. The van der Waals surface area contributed by atoms with Gasteiger partial charge in [-0.05, 0) is 40.0 Å². The number of carbonyl (C=O) groups excluding carboxylic acids is 1. The Bertz CT molecular complexity index is 247. The molecule has 102 valence electrons. The van der Waals surface area contributed by atoms with Crippen LogP contribution in [0.15, 0.2) is 0 Å². The number of carbonyl (C=O) groups is 1. The monoisotopic (exact) mass is 264 g/mol. The largest absolute Gasteiger partial charge is 0.375 e. The molecule has 0 aromatic rings. The third-order valence-corrected chi connectivity index (χ3v) is 3.00. The van der Waals surface area contributed by atoms with E-state index in [0.717, 1.165) is 19.3 Å². The van der Waals surface area contributed by atoms with Crippen molar-refractivity contribution in [2.24, 2.45) is 5.73 Å². The number of nitrogens with one attached hydrogen (secondary N) is 1. The third-order valence-electron chi connectivity index (χ3n) is 3.00. The van der Waals surface area contributed by atoms with E-state index in [4.69, 9.17) is 10.5 Å². The van der Waals surface area contributed by atoms with Crippen LogP contribution in [-0.2, 0) is 9.53 Å². The molecule has 0 aliphatic carbocycles. The third kappa shape index (κ3) is 6.24. The minimum absolute atomic E-state index is 0. The molecule has 0 spiro atoms. The van der Waals surface area contributed by atoms with Crippen LogP contribution in [-0.4, -0.2) is 30.2 Å². The number of halogens is 1. The molecule has 1 heterocycles. The van der Waals surface area contributed by atoms with E-state index < -0.39 is 0 Å². The van der Waals surface area contributed by atoms with Crippen LogP contribution in [0.4, 0.5) is 0 Å². The molecule has 3 N–H and O–H groups in total. The van der Waals surface area contributed by atoms with Crippen LogP contribution >= 0.6 is 12.4 Å². The molecule has 1 fully saturated rings. The van der Waals surface area contributed by atoms with Gasteiger partial charge in [-0.15, -0.1) is 12.4 Å². The normalized spacial score (nSPS) is 24.2. The van der Waals surface area contributed by atoms with Crippen molar-refractivity contribution in [3.8, 4) is 0 Å². The summed E-state index contributed by atoms with van der Waals surface area (Å²) in [7, 11) is 0. The molecule has 2 atom stereocenters. The first-order valence-corrected chi connectivity index (χ1v) is 6.09. The molecule has 5 heteroatoms. The number of rotatable bonds is 5. The molecule has 0 bridgehead atoms. The van der Waals surface area contributed by atoms with E-state index in [1.165, 1.54) is 0 Å². The average Bonchev–Trinajstić information content (AvgIpc) is 2.61. The summed E-state index contributed by atoms with van der Waals surface area (Å²) in [6.45, 7) is 6.39. The van der Waals surface area contributed by atoms with Crippen LogP contribution in [0.2, 0.25) is 0 Å². The van der Waals surface area contributed by atoms with Crippen LogP contribution in [0.5, 0.6) is 0 Å². The fourth-order valence-electron chi connectivity index (χ4n) is 1.88. The van der Waals surface area contributed by atoms with Gasteiger partial charge in [0.2, 0.25) is 5.91 Å². The van der Waals surface area contributed by atoms with Crippen molar-refractivity contribution in [2.75, 3.05) is 6.54 Å². The van der Waals surface area contributed by atoms with E-state index in [1.807, 2.05) is 13.8 Å². The van der Waals surface area contributed by atoms with E-state index in [-0.39, 0.29) is 30.0 Å². The Morgan fingerprint density at radius 3 is 2.59 bits per heavy atom. The fraction of sp³-hybridized carbons (Fsp3) is 0.917. The maximum Gasteiger partial charge on any atom is 0.220 e. The zero-order valence-corrected chi connectivity index (χ0v) is 11.8. The Hall–Kier alpha value is -0.320. The van der Waals surface area contributed by atoms with Gasteiger partial charge in [0.05, 0.1) is 12.2 Å². The lowest BCUT2D eigenvalue weighted by Gasteiger charge is -2.24. The van der Waals surface area contributed by atoms with Gasteiger partial charge in [-0.1, -0.05) is 0 Å². The highest BCUT2D eigenvalue weighted by Gasteiger charge is 2.23. The van der Waals surface area contributed by atoms with Gasteiger partial charge >= 0.3 is 0 Å².